The number of fused-ring (bicyclic) bond motifs is 2. The third-order valence-electron chi connectivity index (χ3n) is 6.51. The number of likely N-dealkylation sites (tertiary alicyclic amines) is 1. The number of aromatic carboxylic acids is 1. The summed E-state index contributed by atoms with van der Waals surface area (Å²) in [6.07, 6.45) is 4.15. The van der Waals surface area contributed by atoms with Crippen LogP contribution in [0.3, 0.4) is 0 Å². The molecular weight excluding hydrogens is 418 g/mol. The lowest BCUT2D eigenvalue weighted by Gasteiger charge is -2.33. The average molecular weight is 440 g/mol. The third-order valence-corrected chi connectivity index (χ3v) is 6.51. The smallest absolute Gasteiger partial charge is 0.354 e. The maximum absolute atomic E-state index is 14.3. The van der Waals surface area contributed by atoms with E-state index in [4.69, 9.17) is 0 Å². The van der Waals surface area contributed by atoms with Crippen LogP contribution in [0, 0.1) is 23.5 Å². The number of carboxylic acid groups (broad SMARTS) is 1. The topological polar surface area (TPSA) is 87.5 Å². The monoisotopic (exact) mass is 440 g/mol. The number of carboxylic acids is 1. The normalized spacial score (nSPS) is 21.0. The predicted molar refractivity (Wildman–Crippen MR) is 112 cm³/mol. The number of carbonyl (C=O) groups excluding carboxylic acids is 1. The van der Waals surface area contributed by atoms with Gasteiger partial charge in [0.1, 0.15) is 17.3 Å². The Balaban J connectivity index is 1.47. The predicted octanol–water partition coefficient (Wildman–Crippen LogP) is 2.63. The lowest BCUT2D eigenvalue weighted by Crippen LogP contribution is -2.40. The summed E-state index contributed by atoms with van der Waals surface area (Å²) in [5.74, 6) is -1.92. The van der Waals surface area contributed by atoms with Gasteiger partial charge < -0.3 is 15.0 Å². The van der Waals surface area contributed by atoms with Crippen LogP contribution >= 0.6 is 0 Å². The number of piperidine rings is 1. The second-order valence-electron chi connectivity index (χ2n) is 8.55. The maximum atomic E-state index is 14.3. The van der Waals surface area contributed by atoms with Gasteiger partial charge in [-0.15, -0.1) is 0 Å². The number of nitrogens with one attached hydrogen (secondary N) is 1. The van der Waals surface area contributed by atoms with Gasteiger partial charge in [0.2, 0.25) is 5.91 Å². The van der Waals surface area contributed by atoms with Crippen LogP contribution in [-0.2, 0) is 17.9 Å². The van der Waals surface area contributed by atoms with Gasteiger partial charge in [-0.1, -0.05) is 6.07 Å². The molecule has 0 bridgehead atoms. The van der Waals surface area contributed by atoms with Gasteiger partial charge in [0.25, 0.3) is 0 Å². The van der Waals surface area contributed by atoms with E-state index in [-0.39, 0.29) is 30.0 Å². The number of amides is 1. The Morgan fingerprint density at radius 1 is 1.22 bits per heavy atom. The van der Waals surface area contributed by atoms with E-state index in [1.54, 1.807) is 0 Å². The van der Waals surface area contributed by atoms with Gasteiger partial charge in [-0.25, -0.2) is 18.6 Å². The molecule has 9 heteroatoms. The zero-order valence-electron chi connectivity index (χ0n) is 17.2. The fraction of sp³-hybridized carbons (Fsp3) is 0.348. The van der Waals surface area contributed by atoms with Crippen molar-refractivity contribution in [3.05, 3.63) is 65.1 Å². The number of pyridine rings is 1. The van der Waals surface area contributed by atoms with Crippen molar-refractivity contribution in [2.45, 2.75) is 19.5 Å². The molecule has 7 nitrogen and oxygen atoms in total. The van der Waals surface area contributed by atoms with Gasteiger partial charge in [0.15, 0.2) is 0 Å². The fourth-order valence-corrected chi connectivity index (χ4v) is 4.88. The number of carbonyl (C=O) groups is 2. The van der Waals surface area contributed by atoms with Crippen LogP contribution < -0.4 is 5.32 Å². The molecule has 0 spiro atoms. The molecule has 5 rings (SSSR count). The van der Waals surface area contributed by atoms with E-state index in [9.17, 15) is 23.5 Å². The molecule has 2 saturated heterocycles. The number of halogens is 2. The lowest BCUT2D eigenvalue weighted by atomic mass is 9.88. The van der Waals surface area contributed by atoms with Crippen LogP contribution in [0.4, 0.5) is 8.78 Å². The van der Waals surface area contributed by atoms with E-state index < -0.39 is 17.6 Å². The van der Waals surface area contributed by atoms with Gasteiger partial charge in [0.05, 0.1) is 18.3 Å². The van der Waals surface area contributed by atoms with Crippen molar-refractivity contribution in [3.63, 3.8) is 0 Å². The molecule has 2 aliphatic heterocycles. The molecule has 4 heterocycles. The molecule has 166 valence electrons. The van der Waals surface area contributed by atoms with Gasteiger partial charge in [0, 0.05) is 54.7 Å². The van der Waals surface area contributed by atoms with Crippen molar-refractivity contribution < 1.29 is 23.5 Å². The maximum Gasteiger partial charge on any atom is 0.354 e. The standard InChI is InChI=1S/C23H22F2N4O3/c24-16-2-1-13(19(25)5-16)11-29-12-15(18-6-20(23(31)32)26-8-21(18)29)10-28-4-3-17-14(9-28)7-27-22(17)30/h1-2,5-6,8,12,14,17H,3-4,7,9-11H2,(H,27,30)(H,31,32)/t14-,17-/m0/s1. The molecule has 2 fully saturated rings. The van der Waals surface area contributed by atoms with E-state index in [1.165, 1.54) is 24.4 Å². The molecule has 3 aromatic rings. The number of aromatic nitrogens is 2. The minimum atomic E-state index is -1.12. The quantitative estimate of drug-likeness (QED) is 0.637. The summed E-state index contributed by atoms with van der Waals surface area (Å²) in [5, 5.41) is 13.1. The highest BCUT2D eigenvalue weighted by molar-refractivity contribution is 5.92. The molecular formula is C23H22F2N4O3. The summed E-state index contributed by atoms with van der Waals surface area (Å²) in [5.41, 5.74) is 1.85. The molecule has 0 unspecified atom stereocenters. The Labute approximate surface area is 182 Å². The summed E-state index contributed by atoms with van der Waals surface area (Å²) in [4.78, 5) is 29.7. The molecule has 1 amide bonds. The van der Waals surface area contributed by atoms with Crippen LogP contribution in [0.5, 0.6) is 0 Å². The van der Waals surface area contributed by atoms with Crippen LogP contribution in [0.1, 0.15) is 28.0 Å². The number of nitrogens with zero attached hydrogens (tertiary/aromatic N) is 3. The fourth-order valence-electron chi connectivity index (χ4n) is 4.88. The summed E-state index contributed by atoms with van der Waals surface area (Å²) < 4.78 is 29.4. The van der Waals surface area contributed by atoms with Crippen molar-refractivity contribution in [2.75, 3.05) is 19.6 Å². The molecule has 2 aliphatic rings. The summed E-state index contributed by atoms with van der Waals surface area (Å²) >= 11 is 0. The zero-order chi connectivity index (χ0) is 22.4. The molecule has 0 radical (unpaired) electrons. The van der Waals surface area contributed by atoms with E-state index in [0.717, 1.165) is 36.5 Å². The molecule has 0 aliphatic carbocycles. The van der Waals surface area contributed by atoms with Crippen LogP contribution in [0.2, 0.25) is 0 Å². The van der Waals surface area contributed by atoms with E-state index >= 15 is 0 Å². The van der Waals surface area contributed by atoms with Crippen molar-refractivity contribution in [1.82, 2.24) is 19.8 Å². The Hall–Kier alpha value is -3.33. The molecule has 32 heavy (non-hydrogen) atoms. The number of rotatable bonds is 5. The van der Waals surface area contributed by atoms with Crippen LogP contribution in [-0.4, -0.2) is 51.1 Å². The van der Waals surface area contributed by atoms with Crippen molar-refractivity contribution in [3.8, 4) is 0 Å². The van der Waals surface area contributed by atoms with E-state index in [0.29, 0.717) is 24.2 Å². The molecule has 2 atom stereocenters. The minimum absolute atomic E-state index is 0.0613. The van der Waals surface area contributed by atoms with Crippen molar-refractivity contribution in [2.24, 2.45) is 11.8 Å². The molecule has 1 aromatic carbocycles. The van der Waals surface area contributed by atoms with Crippen molar-refractivity contribution in [1.29, 1.82) is 0 Å². The highest BCUT2D eigenvalue weighted by Gasteiger charge is 2.38. The minimum Gasteiger partial charge on any atom is -0.477 e. The first-order valence-electron chi connectivity index (χ1n) is 10.5. The average Bonchev–Trinajstić information content (AvgIpc) is 3.30. The number of hydrogen-bond acceptors (Lipinski definition) is 4. The summed E-state index contributed by atoms with van der Waals surface area (Å²) in [6, 6.07) is 5.01. The first-order chi connectivity index (χ1) is 15.4. The Bertz CT molecular complexity index is 1230. The van der Waals surface area contributed by atoms with Crippen molar-refractivity contribution >= 4 is 22.8 Å². The highest BCUT2D eigenvalue weighted by Crippen LogP contribution is 2.30. The third kappa shape index (κ3) is 3.73. The number of hydrogen-bond donors (Lipinski definition) is 2. The molecule has 0 saturated carbocycles. The first-order valence-corrected chi connectivity index (χ1v) is 10.5. The van der Waals surface area contributed by atoms with E-state index in [2.05, 4.69) is 15.2 Å². The highest BCUT2D eigenvalue weighted by atomic mass is 19.1. The Morgan fingerprint density at radius 2 is 2.06 bits per heavy atom. The van der Waals surface area contributed by atoms with Gasteiger partial charge >= 0.3 is 5.97 Å². The summed E-state index contributed by atoms with van der Waals surface area (Å²) in [6.45, 7) is 2.97. The van der Waals surface area contributed by atoms with Crippen LogP contribution in [0.25, 0.3) is 10.9 Å². The molecule has 2 N–H and O–H groups in total. The van der Waals surface area contributed by atoms with E-state index in [1.807, 2.05) is 10.8 Å². The Morgan fingerprint density at radius 3 is 2.84 bits per heavy atom. The first kappa shape index (κ1) is 20.6. The largest absolute Gasteiger partial charge is 0.477 e. The van der Waals surface area contributed by atoms with Gasteiger partial charge in [-0.05, 0) is 30.7 Å². The second-order valence-corrected chi connectivity index (χ2v) is 8.55. The summed E-state index contributed by atoms with van der Waals surface area (Å²) in [7, 11) is 0. The SMILES string of the molecule is O=C(O)c1cc2c(CN3CC[C@@H]4C(=O)NC[C@H]4C3)cn(Cc3ccc(F)cc3F)c2cn1. The zero-order valence-corrected chi connectivity index (χ0v) is 17.2. The van der Waals surface area contributed by atoms with Crippen LogP contribution in [0.15, 0.2) is 36.7 Å². The lowest BCUT2D eigenvalue weighted by molar-refractivity contribution is -0.124. The molecule has 2 aromatic heterocycles. The Kier molecular flexibility index (Phi) is 5.13. The second kappa shape index (κ2) is 7.98. The van der Waals surface area contributed by atoms with Gasteiger partial charge in [-0.2, -0.15) is 0 Å². The number of benzene rings is 1. The van der Waals surface area contributed by atoms with Gasteiger partial charge in [-0.3, -0.25) is 9.69 Å².